The number of amides is 1. The van der Waals surface area contributed by atoms with E-state index < -0.39 is 27.1 Å². The van der Waals surface area contributed by atoms with Crippen molar-refractivity contribution >= 4 is 27.5 Å². The second kappa shape index (κ2) is 8.23. The van der Waals surface area contributed by atoms with Gasteiger partial charge in [-0.1, -0.05) is 0 Å². The monoisotopic (exact) mass is 397 g/mol. The molecule has 25 heavy (non-hydrogen) atoms. The fraction of sp³-hybridized carbons (Fsp3) is 0.615. The number of nitrogens with zero attached hydrogens (tertiary/aromatic N) is 2. The van der Waals surface area contributed by atoms with Crippen molar-refractivity contribution in [3.63, 3.8) is 0 Å². The van der Waals surface area contributed by atoms with Crippen molar-refractivity contribution in [3.8, 4) is 0 Å². The van der Waals surface area contributed by atoms with Gasteiger partial charge in [-0.05, 0) is 25.1 Å². The van der Waals surface area contributed by atoms with E-state index >= 15 is 0 Å². The first-order valence-corrected chi connectivity index (χ1v) is 10.1. The van der Waals surface area contributed by atoms with E-state index in [4.69, 9.17) is 4.84 Å². The lowest BCUT2D eigenvalue weighted by atomic mass is 10.1. The second-order valence-electron chi connectivity index (χ2n) is 5.29. The SMILES string of the molecule is Cc1nc(SC(F)F)[nH]c(=O)c1CCC(=O)N1CCS(=O)(=O)CCO1. The molecule has 1 aromatic heterocycles. The molecule has 1 fully saturated rings. The van der Waals surface area contributed by atoms with Crippen molar-refractivity contribution in [1.82, 2.24) is 15.0 Å². The molecule has 0 atom stereocenters. The van der Waals surface area contributed by atoms with E-state index in [-0.39, 0.29) is 65.7 Å². The van der Waals surface area contributed by atoms with Gasteiger partial charge < -0.3 is 4.98 Å². The van der Waals surface area contributed by atoms with E-state index in [9.17, 15) is 26.8 Å². The number of hydrogen-bond acceptors (Lipinski definition) is 7. The fourth-order valence-corrected chi connectivity index (χ4v) is 3.72. The zero-order valence-electron chi connectivity index (χ0n) is 13.3. The molecular formula is C13H17F2N3O5S2. The highest BCUT2D eigenvalue weighted by molar-refractivity contribution is 7.99. The highest BCUT2D eigenvalue weighted by Crippen LogP contribution is 2.21. The van der Waals surface area contributed by atoms with Crippen LogP contribution in [-0.2, 0) is 25.9 Å². The van der Waals surface area contributed by atoms with E-state index in [2.05, 4.69) is 9.97 Å². The summed E-state index contributed by atoms with van der Waals surface area (Å²) in [4.78, 5) is 35.4. The zero-order chi connectivity index (χ0) is 18.6. The summed E-state index contributed by atoms with van der Waals surface area (Å²) in [7, 11) is -3.23. The van der Waals surface area contributed by atoms with Crippen LogP contribution in [0.1, 0.15) is 17.7 Å². The molecule has 1 amide bonds. The van der Waals surface area contributed by atoms with Crippen molar-refractivity contribution in [2.75, 3.05) is 24.7 Å². The van der Waals surface area contributed by atoms with Gasteiger partial charge in [-0.15, -0.1) is 0 Å². The van der Waals surface area contributed by atoms with Gasteiger partial charge in [0.15, 0.2) is 15.0 Å². The number of hydroxylamine groups is 2. The third kappa shape index (κ3) is 5.75. The minimum absolute atomic E-state index is 0.0409. The maximum Gasteiger partial charge on any atom is 0.291 e. The third-order valence-corrected chi connectivity index (χ3v) is 5.70. The van der Waals surface area contributed by atoms with E-state index in [1.54, 1.807) is 0 Å². The normalized spacial score (nSPS) is 17.5. The summed E-state index contributed by atoms with van der Waals surface area (Å²) in [6.45, 7) is 1.33. The van der Waals surface area contributed by atoms with Crippen LogP contribution < -0.4 is 5.56 Å². The first-order valence-electron chi connectivity index (χ1n) is 7.36. The number of halogens is 2. The van der Waals surface area contributed by atoms with Gasteiger partial charge in [-0.3, -0.25) is 14.4 Å². The van der Waals surface area contributed by atoms with Crippen molar-refractivity contribution in [2.45, 2.75) is 30.7 Å². The van der Waals surface area contributed by atoms with Crippen LogP contribution in [0, 0.1) is 6.92 Å². The van der Waals surface area contributed by atoms with Gasteiger partial charge in [0.25, 0.3) is 11.3 Å². The number of carbonyl (C=O) groups is 1. The van der Waals surface area contributed by atoms with Crippen molar-refractivity contribution in [2.24, 2.45) is 0 Å². The Kier molecular flexibility index (Phi) is 6.52. The molecule has 0 aromatic carbocycles. The number of carbonyl (C=O) groups excluding carboxylic acids is 1. The molecule has 0 radical (unpaired) electrons. The van der Waals surface area contributed by atoms with Crippen LogP contribution in [0.15, 0.2) is 9.95 Å². The molecule has 0 aliphatic carbocycles. The Balaban J connectivity index is 2.01. The third-order valence-electron chi connectivity index (χ3n) is 3.52. The van der Waals surface area contributed by atoms with Crippen LogP contribution in [-0.4, -0.2) is 59.8 Å². The summed E-state index contributed by atoms with van der Waals surface area (Å²) in [6.07, 6.45) is -0.0494. The number of nitrogens with one attached hydrogen (secondary N) is 1. The molecular weight excluding hydrogens is 380 g/mol. The maximum absolute atomic E-state index is 12.3. The van der Waals surface area contributed by atoms with E-state index in [1.165, 1.54) is 6.92 Å². The number of aromatic nitrogens is 2. The highest BCUT2D eigenvalue weighted by Gasteiger charge is 2.24. The summed E-state index contributed by atoms with van der Waals surface area (Å²) in [5.74, 6) is -3.49. The Morgan fingerprint density at radius 3 is 2.80 bits per heavy atom. The van der Waals surface area contributed by atoms with E-state index in [0.29, 0.717) is 0 Å². The molecule has 8 nitrogen and oxygen atoms in total. The minimum atomic E-state index is -3.23. The minimum Gasteiger partial charge on any atom is -0.301 e. The first kappa shape index (κ1) is 19.8. The lowest BCUT2D eigenvalue weighted by Crippen LogP contribution is -2.33. The second-order valence-corrected chi connectivity index (χ2v) is 8.58. The van der Waals surface area contributed by atoms with E-state index in [1.807, 2.05) is 0 Å². The molecule has 2 heterocycles. The molecule has 1 aliphatic heterocycles. The topological polar surface area (TPSA) is 109 Å². The van der Waals surface area contributed by atoms with Gasteiger partial charge in [0.2, 0.25) is 5.91 Å². The summed E-state index contributed by atoms with van der Waals surface area (Å²) >= 11 is 0.133. The molecule has 1 saturated heterocycles. The van der Waals surface area contributed by atoms with Crippen molar-refractivity contribution < 1.29 is 26.8 Å². The average Bonchev–Trinajstić information content (AvgIpc) is 2.66. The average molecular weight is 397 g/mol. The fourth-order valence-electron chi connectivity index (χ4n) is 2.24. The smallest absolute Gasteiger partial charge is 0.291 e. The van der Waals surface area contributed by atoms with Crippen molar-refractivity contribution in [1.29, 1.82) is 0 Å². The number of thioether (sulfide) groups is 1. The Hall–Kier alpha value is -1.53. The number of H-pyrrole nitrogens is 1. The quantitative estimate of drug-likeness (QED) is 0.570. The standard InChI is InChI=1S/C13H17F2N3O5S2/c1-8-9(11(20)17-13(16-8)24-12(14)15)2-3-10(19)18-4-6-25(21,22)7-5-23-18/h12H,2-7H2,1H3,(H,16,17,20). The van der Waals surface area contributed by atoms with Gasteiger partial charge in [0, 0.05) is 17.7 Å². The lowest BCUT2D eigenvalue weighted by Gasteiger charge is -2.18. The molecule has 1 N–H and O–H groups in total. The van der Waals surface area contributed by atoms with Crippen LogP contribution in [0.4, 0.5) is 8.78 Å². The summed E-state index contributed by atoms with van der Waals surface area (Å²) in [5.41, 5.74) is -0.101. The number of sulfone groups is 1. The summed E-state index contributed by atoms with van der Waals surface area (Å²) in [5, 5.41) is 0.802. The molecule has 1 aromatic rings. The van der Waals surface area contributed by atoms with Crippen LogP contribution >= 0.6 is 11.8 Å². The van der Waals surface area contributed by atoms with Gasteiger partial charge in [-0.25, -0.2) is 18.5 Å². The number of aromatic amines is 1. The number of rotatable bonds is 5. The van der Waals surface area contributed by atoms with Crippen LogP contribution in [0.5, 0.6) is 0 Å². The molecule has 0 saturated carbocycles. The largest absolute Gasteiger partial charge is 0.301 e. The van der Waals surface area contributed by atoms with Gasteiger partial charge in [0.05, 0.1) is 24.7 Å². The summed E-state index contributed by atoms with van der Waals surface area (Å²) < 4.78 is 47.6. The van der Waals surface area contributed by atoms with Gasteiger partial charge >= 0.3 is 0 Å². The Bertz CT molecular complexity index is 797. The number of alkyl halides is 2. The Morgan fingerprint density at radius 2 is 2.16 bits per heavy atom. The molecule has 1 aliphatic rings. The predicted molar refractivity (Wildman–Crippen MR) is 86.1 cm³/mol. The van der Waals surface area contributed by atoms with Crippen LogP contribution in [0.2, 0.25) is 0 Å². The molecule has 0 spiro atoms. The maximum atomic E-state index is 12.3. The molecule has 0 unspecified atom stereocenters. The van der Waals surface area contributed by atoms with E-state index in [0.717, 1.165) is 5.06 Å². The Morgan fingerprint density at radius 1 is 1.44 bits per heavy atom. The van der Waals surface area contributed by atoms with Gasteiger partial charge in [-0.2, -0.15) is 8.78 Å². The Labute approximate surface area is 146 Å². The van der Waals surface area contributed by atoms with Crippen molar-refractivity contribution in [3.05, 3.63) is 21.6 Å². The number of hydrogen-bond donors (Lipinski definition) is 1. The molecule has 0 bridgehead atoms. The van der Waals surface area contributed by atoms with Gasteiger partial charge in [0.1, 0.15) is 0 Å². The highest BCUT2D eigenvalue weighted by atomic mass is 32.2. The molecule has 12 heteroatoms. The predicted octanol–water partition coefficient (Wildman–Crippen LogP) is 0.514. The first-order chi connectivity index (χ1) is 11.7. The molecule has 2 rings (SSSR count). The van der Waals surface area contributed by atoms with Crippen LogP contribution in [0.25, 0.3) is 0 Å². The number of aryl methyl sites for hydroxylation is 1. The zero-order valence-corrected chi connectivity index (χ0v) is 15.0. The lowest BCUT2D eigenvalue weighted by molar-refractivity contribution is -0.181. The van der Waals surface area contributed by atoms with Crippen LogP contribution in [0.3, 0.4) is 0 Å². The molecule has 140 valence electrons. The summed E-state index contributed by atoms with van der Waals surface area (Å²) in [6, 6.07) is 0.